The van der Waals surface area contributed by atoms with Gasteiger partial charge in [-0.2, -0.15) is 0 Å². The van der Waals surface area contributed by atoms with Gasteiger partial charge in [0.25, 0.3) is 0 Å². The van der Waals surface area contributed by atoms with Crippen molar-refractivity contribution in [1.29, 1.82) is 0 Å². The van der Waals surface area contributed by atoms with E-state index in [2.05, 4.69) is 32.9 Å². The van der Waals surface area contributed by atoms with E-state index in [0.29, 0.717) is 5.69 Å². The number of allylic oxidation sites excluding steroid dienone is 5. The fourth-order valence-corrected chi connectivity index (χ4v) is 2.56. The number of phenols is 1. The van der Waals surface area contributed by atoms with Crippen molar-refractivity contribution in [2.45, 2.75) is 53.4 Å². The molecular formula is C22H31NO3. The number of benzene rings is 1. The Hall–Kier alpha value is -2.49. The van der Waals surface area contributed by atoms with Crippen molar-refractivity contribution < 1.29 is 15.0 Å². The number of phenolic OH excluding ortho intramolecular Hbond substituents is 1. The lowest BCUT2D eigenvalue weighted by Gasteiger charge is -2.19. The molecule has 0 atom stereocenters. The third kappa shape index (κ3) is 8.06. The van der Waals surface area contributed by atoms with Crippen molar-refractivity contribution in [3.63, 3.8) is 0 Å². The molecule has 0 aliphatic carbocycles. The molecule has 1 rings (SSSR count). The molecule has 0 bridgehead atoms. The maximum atomic E-state index is 11.5. The minimum atomic E-state index is -1.08. The van der Waals surface area contributed by atoms with Crippen molar-refractivity contribution in [1.82, 2.24) is 0 Å². The zero-order chi connectivity index (χ0) is 19.5. The first-order valence-corrected chi connectivity index (χ1v) is 9.04. The zero-order valence-corrected chi connectivity index (χ0v) is 16.3. The van der Waals surface area contributed by atoms with E-state index in [1.165, 1.54) is 17.2 Å². The summed E-state index contributed by atoms with van der Waals surface area (Å²) in [7, 11) is 0. The molecule has 0 aliphatic heterocycles. The number of para-hydroxylation sites is 2. The molecular weight excluding hydrogens is 326 g/mol. The Balaban J connectivity index is 2.57. The van der Waals surface area contributed by atoms with Crippen LogP contribution < -0.4 is 4.90 Å². The normalized spacial score (nSPS) is 12.0. The van der Waals surface area contributed by atoms with Crippen LogP contribution >= 0.6 is 0 Å². The van der Waals surface area contributed by atoms with Crippen LogP contribution in [0.1, 0.15) is 53.4 Å². The predicted molar refractivity (Wildman–Crippen MR) is 109 cm³/mol. The van der Waals surface area contributed by atoms with Gasteiger partial charge in [0.2, 0.25) is 0 Å². The Labute approximate surface area is 157 Å². The Morgan fingerprint density at radius 1 is 0.962 bits per heavy atom. The van der Waals surface area contributed by atoms with Crippen LogP contribution in [0.4, 0.5) is 10.5 Å². The van der Waals surface area contributed by atoms with Crippen molar-refractivity contribution in [3.05, 3.63) is 59.2 Å². The quantitative estimate of drug-likeness (QED) is 0.510. The zero-order valence-electron chi connectivity index (χ0n) is 16.3. The lowest BCUT2D eigenvalue weighted by Crippen LogP contribution is -2.29. The summed E-state index contributed by atoms with van der Waals surface area (Å²) in [6.45, 7) is 8.62. The molecule has 0 radical (unpaired) electrons. The third-order valence-corrected chi connectivity index (χ3v) is 4.15. The number of hydrogen-bond acceptors (Lipinski definition) is 2. The van der Waals surface area contributed by atoms with Gasteiger partial charge >= 0.3 is 6.09 Å². The van der Waals surface area contributed by atoms with E-state index in [1.807, 2.05) is 13.0 Å². The summed E-state index contributed by atoms with van der Waals surface area (Å²) in [6, 6.07) is 6.48. The lowest BCUT2D eigenvalue weighted by atomic mass is 10.1. The van der Waals surface area contributed by atoms with Gasteiger partial charge in [-0.1, -0.05) is 47.1 Å². The maximum Gasteiger partial charge on any atom is 0.412 e. The van der Waals surface area contributed by atoms with Gasteiger partial charge in [0.1, 0.15) is 5.75 Å². The second-order valence-corrected chi connectivity index (χ2v) is 6.84. The molecule has 26 heavy (non-hydrogen) atoms. The van der Waals surface area contributed by atoms with Gasteiger partial charge in [0, 0.05) is 6.54 Å². The first-order chi connectivity index (χ1) is 12.3. The van der Waals surface area contributed by atoms with Crippen molar-refractivity contribution >= 4 is 11.8 Å². The molecule has 0 heterocycles. The predicted octanol–water partition coefficient (Wildman–Crippen LogP) is 6.30. The van der Waals surface area contributed by atoms with E-state index in [1.54, 1.807) is 18.2 Å². The smallest absolute Gasteiger partial charge is 0.412 e. The second kappa shape index (κ2) is 11.2. The average molecular weight is 357 g/mol. The Kier molecular flexibility index (Phi) is 9.27. The van der Waals surface area contributed by atoms with Gasteiger partial charge in [0.15, 0.2) is 0 Å². The number of hydrogen-bond donors (Lipinski definition) is 2. The summed E-state index contributed by atoms with van der Waals surface area (Å²) in [4.78, 5) is 12.6. The maximum absolute atomic E-state index is 11.5. The van der Waals surface area contributed by atoms with E-state index >= 15 is 0 Å². The van der Waals surface area contributed by atoms with E-state index < -0.39 is 6.09 Å². The summed E-state index contributed by atoms with van der Waals surface area (Å²) < 4.78 is 0. The molecule has 0 aliphatic rings. The number of carbonyl (C=O) groups is 1. The van der Waals surface area contributed by atoms with E-state index in [4.69, 9.17) is 0 Å². The topological polar surface area (TPSA) is 60.8 Å². The Morgan fingerprint density at radius 2 is 1.54 bits per heavy atom. The van der Waals surface area contributed by atoms with Crippen LogP contribution in [-0.2, 0) is 0 Å². The van der Waals surface area contributed by atoms with Crippen LogP contribution in [0, 0.1) is 0 Å². The van der Waals surface area contributed by atoms with Crippen LogP contribution in [0.2, 0.25) is 0 Å². The number of anilines is 1. The Bertz CT molecular complexity index is 682. The monoisotopic (exact) mass is 357 g/mol. The highest BCUT2D eigenvalue weighted by Gasteiger charge is 2.16. The van der Waals surface area contributed by atoms with Gasteiger partial charge in [-0.3, -0.25) is 4.90 Å². The molecule has 0 unspecified atom stereocenters. The minimum Gasteiger partial charge on any atom is -0.506 e. The standard InChI is InChI=1S/C22H31NO3/c1-17(2)9-7-10-18(3)11-8-12-19(4)15-16-23(22(25)26)20-13-5-6-14-21(20)24/h5-6,9,11,13-15,24H,7-8,10,12,16H2,1-4H3,(H,25,26). The lowest BCUT2D eigenvalue weighted by molar-refractivity contribution is 0.202. The molecule has 0 spiro atoms. The summed E-state index contributed by atoms with van der Waals surface area (Å²) in [5.74, 6) is -0.0316. The fourth-order valence-electron chi connectivity index (χ4n) is 2.56. The van der Waals surface area contributed by atoms with Crippen molar-refractivity contribution in [2.75, 3.05) is 11.4 Å². The largest absolute Gasteiger partial charge is 0.506 e. The number of aromatic hydroxyl groups is 1. The molecule has 0 saturated heterocycles. The molecule has 142 valence electrons. The molecule has 4 heteroatoms. The fraction of sp³-hybridized carbons (Fsp3) is 0.409. The van der Waals surface area contributed by atoms with Crippen LogP contribution in [0.5, 0.6) is 5.75 Å². The molecule has 1 aromatic rings. The van der Waals surface area contributed by atoms with E-state index in [0.717, 1.165) is 36.2 Å². The van der Waals surface area contributed by atoms with Crippen molar-refractivity contribution in [3.8, 4) is 5.75 Å². The molecule has 4 nitrogen and oxygen atoms in total. The molecule has 1 amide bonds. The van der Waals surface area contributed by atoms with Crippen LogP contribution in [0.25, 0.3) is 0 Å². The highest BCUT2D eigenvalue weighted by Crippen LogP contribution is 2.26. The Morgan fingerprint density at radius 3 is 2.12 bits per heavy atom. The van der Waals surface area contributed by atoms with Crippen LogP contribution in [0.3, 0.4) is 0 Å². The molecule has 1 aromatic carbocycles. The van der Waals surface area contributed by atoms with Crippen molar-refractivity contribution in [2.24, 2.45) is 0 Å². The summed E-state index contributed by atoms with van der Waals surface area (Å²) in [5, 5.41) is 19.3. The molecule has 0 fully saturated rings. The molecule has 0 aromatic heterocycles. The van der Waals surface area contributed by atoms with E-state index in [9.17, 15) is 15.0 Å². The second-order valence-electron chi connectivity index (χ2n) is 6.84. The highest BCUT2D eigenvalue weighted by atomic mass is 16.4. The van der Waals surface area contributed by atoms with Gasteiger partial charge in [-0.05, 0) is 65.5 Å². The average Bonchev–Trinajstić information content (AvgIpc) is 2.56. The van der Waals surface area contributed by atoms with Crippen LogP contribution in [0.15, 0.2) is 59.2 Å². The minimum absolute atomic E-state index is 0.0316. The van der Waals surface area contributed by atoms with Gasteiger partial charge in [-0.15, -0.1) is 0 Å². The molecule has 0 saturated carbocycles. The summed E-state index contributed by atoms with van der Waals surface area (Å²) in [6.07, 6.45) is 9.34. The number of nitrogens with zero attached hydrogens (tertiary/aromatic N) is 1. The van der Waals surface area contributed by atoms with Gasteiger partial charge in [-0.25, -0.2) is 4.79 Å². The van der Waals surface area contributed by atoms with E-state index in [-0.39, 0.29) is 12.3 Å². The van der Waals surface area contributed by atoms with Gasteiger partial charge < -0.3 is 10.2 Å². The SMILES string of the molecule is CC(C)=CCCC(C)=CCCC(C)=CCN(C(=O)O)c1ccccc1O. The highest BCUT2D eigenvalue weighted by molar-refractivity contribution is 5.88. The van der Waals surface area contributed by atoms with Gasteiger partial charge in [0.05, 0.1) is 5.69 Å². The number of carboxylic acid groups (broad SMARTS) is 1. The van der Waals surface area contributed by atoms with Crippen LogP contribution in [-0.4, -0.2) is 22.9 Å². The number of amides is 1. The molecule has 2 N–H and O–H groups in total. The summed E-state index contributed by atoms with van der Waals surface area (Å²) in [5.41, 5.74) is 4.18. The summed E-state index contributed by atoms with van der Waals surface area (Å²) >= 11 is 0. The third-order valence-electron chi connectivity index (χ3n) is 4.15. The first-order valence-electron chi connectivity index (χ1n) is 9.04. The first kappa shape index (κ1) is 21.6. The number of rotatable bonds is 9.